The van der Waals surface area contributed by atoms with E-state index in [4.69, 9.17) is 9.84 Å². The van der Waals surface area contributed by atoms with Crippen LogP contribution in [0.4, 0.5) is 4.39 Å². The average molecular weight is 288 g/mol. The van der Waals surface area contributed by atoms with Gasteiger partial charge in [-0.15, -0.1) is 0 Å². The molecule has 1 atom stereocenters. The van der Waals surface area contributed by atoms with Crippen molar-refractivity contribution in [1.29, 1.82) is 0 Å². The van der Waals surface area contributed by atoms with Crippen LogP contribution in [0, 0.1) is 5.82 Å². The number of halogens is 1. The maximum Gasteiger partial charge on any atom is 0.303 e. The summed E-state index contributed by atoms with van der Waals surface area (Å²) in [6.07, 6.45) is 0.0647. The van der Waals surface area contributed by atoms with E-state index in [1.807, 2.05) is 25.1 Å². The van der Waals surface area contributed by atoms with Crippen molar-refractivity contribution in [2.45, 2.75) is 19.3 Å². The van der Waals surface area contributed by atoms with Gasteiger partial charge in [0.25, 0.3) is 0 Å². The van der Waals surface area contributed by atoms with Crippen LogP contribution >= 0.6 is 0 Å². The molecule has 1 unspecified atom stereocenters. The number of carbonyl (C=O) groups is 1. The topological polar surface area (TPSA) is 46.5 Å². The molecule has 0 aliphatic heterocycles. The van der Waals surface area contributed by atoms with E-state index in [2.05, 4.69) is 0 Å². The van der Waals surface area contributed by atoms with Crippen molar-refractivity contribution in [2.24, 2.45) is 0 Å². The number of rotatable bonds is 5. The summed E-state index contributed by atoms with van der Waals surface area (Å²) >= 11 is 0. The molecular formula is C17H17FO3. The molecule has 110 valence electrons. The molecule has 0 aliphatic carbocycles. The highest BCUT2D eigenvalue weighted by Crippen LogP contribution is 2.33. The van der Waals surface area contributed by atoms with Crippen LogP contribution in [0.1, 0.15) is 24.8 Å². The van der Waals surface area contributed by atoms with Gasteiger partial charge in [0, 0.05) is 5.56 Å². The Morgan fingerprint density at radius 1 is 1.24 bits per heavy atom. The number of methoxy groups -OCH3 is 1. The zero-order valence-electron chi connectivity index (χ0n) is 12.0. The fraction of sp³-hybridized carbons (Fsp3) is 0.235. The van der Waals surface area contributed by atoms with Crippen molar-refractivity contribution in [2.75, 3.05) is 7.11 Å². The molecule has 0 aliphatic rings. The third-order valence-corrected chi connectivity index (χ3v) is 3.43. The Bertz CT molecular complexity index is 635. The molecule has 2 aromatic rings. The number of ether oxygens (including phenoxy) is 1. The van der Waals surface area contributed by atoms with Crippen LogP contribution < -0.4 is 4.74 Å². The second-order valence-corrected chi connectivity index (χ2v) is 4.97. The van der Waals surface area contributed by atoms with Crippen LogP contribution in [0.15, 0.2) is 42.5 Å². The van der Waals surface area contributed by atoms with Crippen molar-refractivity contribution in [1.82, 2.24) is 0 Å². The lowest BCUT2D eigenvalue weighted by molar-refractivity contribution is -0.137. The second kappa shape index (κ2) is 6.39. The molecule has 0 bridgehead atoms. The molecular weight excluding hydrogens is 271 g/mol. The van der Waals surface area contributed by atoms with Gasteiger partial charge in [0.05, 0.1) is 13.5 Å². The predicted octanol–water partition coefficient (Wildman–Crippen LogP) is 4.08. The van der Waals surface area contributed by atoms with Crippen molar-refractivity contribution in [3.8, 4) is 16.9 Å². The van der Waals surface area contributed by atoms with Crippen LogP contribution in [0.2, 0.25) is 0 Å². The van der Waals surface area contributed by atoms with Crippen LogP contribution in [0.25, 0.3) is 11.1 Å². The number of hydrogen-bond acceptors (Lipinski definition) is 2. The van der Waals surface area contributed by atoms with Crippen molar-refractivity contribution < 1.29 is 19.0 Å². The van der Waals surface area contributed by atoms with Crippen molar-refractivity contribution in [3.63, 3.8) is 0 Å². The fourth-order valence-electron chi connectivity index (χ4n) is 2.27. The number of carboxylic acids is 1. The van der Waals surface area contributed by atoms with Crippen molar-refractivity contribution >= 4 is 5.97 Å². The Balaban J connectivity index is 2.43. The van der Waals surface area contributed by atoms with Gasteiger partial charge >= 0.3 is 5.97 Å². The Labute approximate surface area is 123 Å². The molecule has 4 heteroatoms. The summed E-state index contributed by atoms with van der Waals surface area (Å²) in [7, 11) is 1.57. The van der Waals surface area contributed by atoms with Crippen LogP contribution in [-0.2, 0) is 4.79 Å². The molecule has 0 saturated carbocycles. The summed E-state index contributed by atoms with van der Waals surface area (Å²) in [6.45, 7) is 1.87. The summed E-state index contributed by atoms with van der Waals surface area (Å²) in [5, 5.41) is 8.90. The van der Waals surface area contributed by atoms with E-state index >= 15 is 0 Å². The SMILES string of the molecule is COc1ccc(C(C)CC(=O)O)cc1-c1ccc(F)cc1. The zero-order chi connectivity index (χ0) is 15.4. The lowest BCUT2D eigenvalue weighted by Gasteiger charge is -2.14. The highest BCUT2D eigenvalue weighted by atomic mass is 19.1. The predicted molar refractivity (Wildman–Crippen MR) is 79.1 cm³/mol. The Morgan fingerprint density at radius 2 is 1.90 bits per heavy atom. The minimum Gasteiger partial charge on any atom is -0.496 e. The number of carboxylic acid groups (broad SMARTS) is 1. The van der Waals surface area contributed by atoms with Gasteiger partial charge in [0.15, 0.2) is 0 Å². The van der Waals surface area contributed by atoms with E-state index in [0.29, 0.717) is 5.75 Å². The van der Waals surface area contributed by atoms with Gasteiger partial charge in [-0.1, -0.05) is 25.1 Å². The lowest BCUT2D eigenvalue weighted by Crippen LogP contribution is -2.03. The standard InChI is InChI=1S/C17H17FO3/c1-11(9-17(19)20)13-5-8-16(21-2)15(10-13)12-3-6-14(18)7-4-12/h3-8,10-11H,9H2,1-2H3,(H,19,20). The molecule has 0 fully saturated rings. The fourth-order valence-corrected chi connectivity index (χ4v) is 2.27. The van der Waals surface area contributed by atoms with Crippen molar-refractivity contribution in [3.05, 3.63) is 53.8 Å². The number of benzene rings is 2. The van der Waals surface area contributed by atoms with Crippen LogP contribution in [-0.4, -0.2) is 18.2 Å². The molecule has 1 N–H and O–H groups in total. The lowest BCUT2D eigenvalue weighted by atomic mass is 9.93. The Hall–Kier alpha value is -2.36. The van der Waals surface area contributed by atoms with Gasteiger partial charge in [-0.05, 0) is 41.3 Å². The third-order valence-electron chi connectivity index (χ3n) is 3.43. The molecule has 2 rings (SSSR count). The average Bonchev–Trinajstić information content (AvgIpc) is 2.46. The quantitative estimate of drug-likeness (QED) is 0.901. The molecule has 0 aromatic heterocycles. The summed E-state index contributed by atoms with van der Waals surface area (Å²) in [6, 6.07) is 11.7. The first-order valence-corrected chi connectivity index (χ1v) is 6.67. The van der Waals surface area contributed by atoms with Gasteiger partial charge in [0.2, 0.25) is 0 Å². The molecule has 0 saturated heterocycles. The highest BCUT2D eigenvalue weighted by molar-refractivity contribution is 5.72. The Kier molecular flexibility index (Phi) is 4.58. The normalized spacial score (nSPS) is 12.0. The minimum absolute atomic E-state index is 0.0647. The summed E-state index contributed by atoms with van der Waals surface area (Å²) in [5.74, 6) is -0.560. The Morgan fingerprint density at radius 3 is 2.48 bits per heavy atom. The van der Waals surface area contributed by atoms with Gasteiger partial charge in [0.1, 0.15) is 11.6 Å². The summed E-state index contributed by atoms with van der Waals surface area (Å²) in [5.41, 5.74) is 2.57. The second-order valence-electron chi connectivity index (χ2n) is 4.97. The van der Waals surface area contributed by atoms with Gasteiger partial charge in [-0.3, -0.25) is 4.79 Å². The highest BCUT2D eigenvalue weighted by Gasteiger charge is 2.14. The first-order valence-electron chi connectivity index (χ1n) is 6.67. The molecule has 3 nitrogen and oxygen atoms in total. The van der Waals surface area contributed by atoms with Crippen LogP contribution in [0.3, 0.4) is 0 Å². The first-order chi connectivity index (χ1) is 10.0. The van der Waals surface area contributed by atoms with Gasteiger partial charge in [-0.2, -0.15) is 0 Å². The van der Waals surface area contributed by atoms with E-state index in [1.54, 1.807) is 19.2 Å². The summed E-state index contributed by atoms with van der Waals surface area (Å²) < 4.78 is 18.4. The van der Waals surface area contributed by atoms with Gasteiger partial charge < -0.3 is 9.84 Å². The monoisotopic (exact) mass is 288 g/mol. The first kappa shape index (κ1) is 15.0. The number of aliphatic carboxylic acids is 1. The maximum atomic E-state index is 13.0. The largest absolute Gasteiger partial charge is 0.496 e. The molecule has 0 amide bonds. The molecule has 21 heavy (non-hydrogen) atoms. The van der Waals surface area contributed by atoms with Gasteiger partial charge in [-0.25, -0.2) is 4.39 Å². The van der Waals surface area contributed by atoms with E-state index in [0.717, 1.165) is 16.7 Å². The third kappa shape index (κ3) is 3.60. The molecule has 0 heterocycles. The molecule has 0 radical (unpaired) electrons. The van der Waals surface area contributed by atoms with E-state index in [9.17, 15) is 9.18 Å². The molecule has 0 spiro atoms. The van der Waals surface area contributed by atoms with Crippen LogP contribution in [0.5, 0.6) is 5.75 Å². The van der Waals surface area contributed by atoms with E-state index in [-0.39, 0.29) is 18.2 Å². The zero-order valence-corrected chi connectivity index (χ0v) is 12.0. The molecule has 2 aromatic carbocycles. The maximum absolute atomic E-state index is 13.0. The van der Waals surface area contributed by atoms with E-state index in [1.165, 1.54) is 12.1 Å². The van der Waals surface area contributed by atoms with E-state index < -0.39 is 5.97 Å². The smallest absolute Gasteiger partial charge is 0.303 e. The number of hydrogen-bond donors (Lipinski definition) is 1. The summed E-state index contributed by atoms with van der Waals surface area (Å²) in [4.78, 5) is 10.8. The minimum atomic E-state index is -0.832.